The molecule has 0 aromatic carbocycles. The Morgan fingerprint density at radius 2 is 0.538 bits per heavy atom. The van der Waals surface area contributed by atoms with Crippen LogP contribution in [0.25, 0.3) is 0 Å². The summed E-state index contributed by atoms with van der Waals surface area (Å²) >= 11 is 14.4. The summed E-state index contributed by atoms with van der Waals surface area (Å²) in [6.45, 7) is 21.6. The number of halogens is 2. The molecule has 0 N–H and O–H groups in total. The summed E-state index contributed by atoms with van der Waals surface area (Å²) in [5.41, 5.74) is 0.614. The summed E-state index contributed by atoms with van der Waals surface area (Å²) in [7, 11) is 0. The molecular formula is C35H74Cl2N2+2. The van der Waals surface area contributed by atoms with Gasteiger partial charge < -0.3 is 8.97 Å². The zero-order valence-electron chi connectivity index (χ0n) is 27.9. The highest BCUT2D eigenvalue weighted by Gasteiger charge is 2.34. The lowest BCUT2D eigenvalue weighted by atomic mass is 10.0. The van der Waals surface area contributed by atoms with E-state index in [1.165, 1.54) is 183 Å². The number of alkyl halides is 2. The maximum Gasteiger partial charge on any atom is 0.164 e. The number of unbranched alkanes of at least 4 members (excludes halogenated alkanes) is 12. The minimum absolute atomic E-state index is 0.307. The van der Waals surface area contributed by atoms with Crippen LogP contribution < -0.4 is 0 Å². The fourth-order valence-corrected chi connectivity index (χ4v) is 7.30. The second kappa shape index (κ2) is 26.2. The molecule has 0 rings (SSSR count). The fourth-order valence-electron chi connectivity index (χ4n) is 6.41. The first-order valence-electron chi connectivity index (χ1n) is 17.9. The SMILES string of the molecule is CCCC[N+](CCCC)(CCCC)C(Cl)CCCCCCCCCC(Cl)[N+](CCCC)(CCCC)CCCC. The predicted molar refractivity (Wildman–Crippen MR) is 180 cm³/mol. The summed E-state index contributed by atoms with van der Waals surface area (Å²) in [5.74, 6) is 0. The average molecular weight is 594 g/mol. The second-order valence-electron chi connectivity index (χ2n) is 12.8. The molecule has 0 aliphatic rings. The molecule has 39 heavy (non-hydrogen) atoms. The van der Waals surface area contributed by atoms with E-state index in [1.807, 2.05) is 0 Å². The van der Waals surface area contributed by atoms with Gasteiger partial charge in [0.25, 0.3) is 0 Å². The van der Waals surface area contributed by atoms with E-state index in [-0.39, 0.29) is 0 Å². The van der Waals surface area contributed by atoms with Crippen molar-refractivity contribution in [1.82, 2.24) is 0 Å². The second-order valence-corrected chi connectivity index (χ2v) is 13.8. The van der Waals surface area contributed by atoms with Crippen LogP contribution in [0, 0.1) is 0 Å². The quantitative estimate of drug-likeness (QED) is 0.0336. The van der Waals surface area contributed by atoms with E-state index in [2.05, 4.69) is 41.5 Å². The lowest BCUT2D eigenvalue weighted by molar-refractivity contribution is -0.940. The summed E-state index contributed by atoms with van der Waals surface area (Å²) < 4.78 is 2.34. The van der Waals surface area contributed by atoms with Gasteiger partial charge in [0.1, 0.15) is 0 Å². The molecule has 236 valence electrons. The largest absolute Gasteiger partial charge is 0.309 e. The zero-order chi connectivity index (χ0) is 29.2. The summed E-state index contributed by atoms with van der Waals surface area (Å²) in [6, 6.07) is 0. The average Bonchev–Trinajstić information content (AvgIpc) is 2.95. The molecule has 0 radical (unpaired) electrons. The molecule has 0 saturated heterocycles. The number of hydrogen-bond acceptors (Lipinski definition) is 0. The molecule has 0 aliphatic heterocycles. The molecule has 0 spiro atoms. The normalized spacial score (nSPS) is 14.2. The molecular weight excluding hydrogens is 519 g/mol. The van der Waals surface area contributed by atoms with Gasteiger partial charge in [-0.05, 0) is 51.4 Å². The molecule has 2 nitrogen and oxygen atoms in total. The predicted octanol–water partition coefficient (Wildman–Crippen LogP) is 12.1. The van der Waals surface area contributed by atoms with Crippen molar-refractivity contribution in [2.75, 3.05) is 39.3 Å². The molecule has 0 amide bonds. The van der Waals surface area contributed by atoms with Crippen molar-refractivity contribution in [1.29, 1.82) is 0 Å². The first kappa shape index (κ1) is 39.5. The van der Waals surface area contributed by atoms with Crippen molar-refractivity contribution < 1.29 is 8.97 Å². The molecule has 0 aromatic rings. The zero-order valence-corrected chi connectivity index (χ0v) is 29.4. The van der Waals surface area contributed by atoms with E-state index in [0.717, 1.165) is 0 Å². The van der Waals surface area contributed by atoms with E-state index in [9.17, 15) is 0 Å². The Balaban J connectivity index is 4.50. The van der Waals surface area contributed by atoms with Crippen LogP contribution >= 0.6 is 23.2 Å². The van der Waals surface area contributed by atoms with Crippen LogP contribution in [0.1, 0.15) is 176 Å². The monoisotopic (exact) mass is 593 g/mol. The van der Waals surface area contributed by atoms with Crippen molar-refractivity contribution in [2.45, 2.75) is 187 Å². The molecule has 4 heteroatoms. The summed E-state index contributed by atoms with van der Waals surface area (Å²) in [5, 5.41) is 0. The van der Waals surface area contributed by atoms with Gasteiger partial charge in [0.15, 0.2) is 11.0 Å². The van der Waals surface area contributed by atoms with Gasteiger partial charge in [-0.15, -0.1) is 0 Å². The van der Waals surface area contributed by atoms with Gasteiger partial charge in [-0.3, -0.25) is 0 Å². The van der Waals surface area contributed by atoms with Crippen LogP contribution in [0.4, 0.5) is 0 Å². The number of quaternary nitrogens is 2. The molecule has 0 heterocycles. The number of hydrogen-bond donors (Lipinski definition) is 0. The number of nitrogens with zero attached hydrogens (tertiary/aromatic N) is 2. The van der Waals surface area contributed by atoms with Crippen LogP contribution in [-0.4, -0.2) is 59.2 Å². The van der Waals surface area contributed by atoms with E-state index < -0.39 is 0 Å². The minimum atomic E-state index is 0.307. The smallest absolute Gasteiger partial charge is 0.164 e. The Morgan fingerprint density at radius 1 is 0.333 bits per heavy atom. The highest BCUT2D eigenvalue weighted by atomic mass is 35.5. The highest BCUT2D eigenvalue weighted by Crippen LogP contribution is 2.28. The number of rotatable bonds is 30. The van der Waals surface area contributed by atoms with Crippen molar-refractivity contribution in [3.8, 4) is 0 Å². The lowest BCUT2D eigenvalue weighted by Crippen LogP contribution is -2.55. The molecule has 0 aromatic heterocycles. The third kappa shape index (κ3) is 17.3. The van der Waals surface area contributed by atoms with E-state index in [4.69, 9.17) is 23.2 Å². The Morgan fingerprint density at radius 3 is 0.744 bits per heavy atom. The van der Waals surface area contributed by atoms with Gasteiger partial charge in [0.2, 0.25) is 0 Å². The summed E-state index contributed by atoms with van der Waals surface area (Å²) in [6.07, 6.45) is 27.4. The van der Waals surface area contributed by atoms with E-state index in [0.29, 0.717) is 11.0 Å². The topological polar surface area (TPSA) is 0 Å². The Labute approximate surface area is 258 Å². The van der Waals surface area contributed by atoms with Gasteiger partial charge in [0, 0.05) is 12.8 Å². The van der Waals surface area contributed by atoms with Crippen molar-refractivity contribution in [3.05, 3.63) is 0 Å². The maximum atomic E-state index is 7.21. The molecule has 0 saturated carbocycles. The van der Waals surface area contributed by atoms with Crippen LogP contribution in [0.5, 0.6) is 0 Å². The molecule has 0 fully saturated rings. The Hall–Kier alpha value is 0.500. The standard InChI is InChI=1S/C35H74Cl2N2/c1-7-13-28-38(29-14-8-2,30-15-9-3)34(36)26-24-22-20-19-21-23-25-27-35(37)39(31-16-10-4,32-17-11-5)33-18-12-6/h34-35H,7-33H2,1-6H3/q+2. The van der Waals surface area contributed by atoms with Crippen molar-refractivity contribution in [2.24, 2.45) is 0 Å². The summed E-state index contributed by atoms with van der Waals surface area (Å²) in [4.78, 5) is 0. The molecule has 0 bridgehead atoms. The van der Waals surface area contributed by atoms with Crippen LogP contribution in [-0.2, 0) is 0 Å². The molecule has 2 unspecified atom stereocenters. The van der Waals surface area contributed by atoms with Gasteiger partial charge in [0.05, 0.1) is 39.3 Å². The lowest BCUT2D eigenvalue weighted by Gasteiger charge is -2.43. The fraction of sp³-hybridized carbons (Fsp3) is 1.00. The molecule has 0 aliphatic carbocycles. The van der Waals surface area contributed by atoms with Gasteiger partial charge in [-0.25, -0.2) is 0 Å². The van der Waals surface area contributed by atoms with E-state index >= 15 is 0 Å². The highest BCUT2D eigenvalue weighted by molar-refractivity contribution is 6.19. The first-order valence-corrected chi connectivity index (χ1v) is 18.8. The van der Waals surface area contributed by atoms with Crippen molar-refractivity contribution in [3.63, 3.8) is 0 Å². The van der Waals surface area contributed by atoms with Crippen LogP contribution in [0.3, 0.4) is 0 Å². The van der Waals surface area contributed by atoms with Gasteiger partial charge >= 0.3 is 0 Å². The van der Waals surface area contributed by atoms with Crippen LogP contribution in [0.2, 0.25) is 0 Å². The Bertz CT molecular complexity index is 425. The van der Waals surface area contributed by atoms with E-state index in [1.54, 1.807) is 0 Å². The minimum Gasteiger partial charge on any atom is -0.309 e. The van der Waals surface area contributed by atoms with Crippen LogP contribution in [0.15, 0.2) is 0 Å². The first-order chi connectivity index (χ1) is 18.9. The maximum absolute atomic E-state index is 7.21. The third-order valence-electron chi connectivity index (χ3n) is 9.32. The van der Waals surface area contributed by atoms with Gasteiger partial charge in [-0.1, -0.05) is 135 Å². The van der Waals surface area contributed by atoms with Gasteiger partial charge in [-0.2, -0.15) is 0 Å². The van der Waals surface area contributed by atoms with Crippen molar-refractivity contribution >= 4 is 23.2 Å². The Kier molecular flexibility index (Phi) is 26.5. The third-order valence-corrected chi connectivity index (χ3v) is 10.6. The molecule has 2 atom stereocenters.